The Kier molecular flexibility index (Phi) is 5.37. The van der Waals surface area contributed by atoms with Crippen LogP contribution in [-0.2, 0) is 11.3 Å². The fourth-order valence-electron chi connectivity index (χ4n) is 4.60. The second kappa shape index (κ2) is 7.91. The minimum absolute atomic E-state index is 0.113. The van der Waals surface area contributed by atoms with E-state index in [1.54, 1.807) is 0 Å². The second-order valence-electron chi connectivity index (χ2n) is 8.35. The van der Waals surface area contributed by atoms with Crippen LogP contribution in [0.4, 0.5) is 5.95 Å². The lowest BCUT2D eigenvalue weighted by atomic mass is 9.93. The number of rotatable bonds is 4. The van der Waals surface area contributed by atoms with Crippen molar-refractivity contribution >= 4 is 22.9 Å². The maximum atomic E-state index is 13.1. The summed E-state index contributed by atoms with van der Waals surface area (Å²) in [5.41, 5.74) is 2.26. The van der Waals surface area contributed by atoms with Gasteiger partial charge in [0.15, 0.2) is 0 Å². The number of carbonyl (C=O) groups excluding carboxylic acids is 1. The van der Waals surface area contributed by atoms with E-state index in [1.807, 2.05) is 0 Å². The Morgan fingerprint density at radius 2 is 1.93 bits per heavy atom. The normalized spacial score (nSPS) is 21.8. The number of aromatic nitrogens is 2. The smallest absolute Gasteiger partial charge is 0.227 e. The Labute approximate surface area is 162 Å². The summed E-state index contributed by atoms with van der Waals surface area (Å²) < 4.78 is 2.34. The van der Waals surface area contributed by atoms with E-state index in [0.717, 1.165) is 82.2 Å². The summed E-state index contributed by atoms with van der Waals surface area (Å²) >= 11 is 0. The lowest BCUT2D eigenvalue weighted by Crippen LogP contribution is -2.47. The molecule has 0 bridgehead atoms. The molecule has 5 nitrogen and oxygen atoms in total. The van der Waals surface area contributed by atoms with Crippen LogP contribution < -0.4 is 4.90 Å². The average Bonchev–Trinajstić information content (AvgIpc) is 3.07. The average molecular weight is 369 g/mol. The van der Waals surface area contributed by atoms with Crippen molar-refractivity contribution < 1.29 is 4.79 Å². The van der Waals surface area contributed by atoms with E-state index in [9.17, 15) is 4.79 Å². The van der Waals surface area contributed by atoms with Crippen molar-refractivity contribution in [2.24, 2.45) is 11.8 Å². The van der Waals surface area contributed by atoms with Crippen LogP contribution in [0.3, 0.4) is 0 Å². The maximum absolute atomic E-state index is 13.1. The number of hydrogen-bond donors (Lipinski definition) is 0. The van der Waals surface area contributed by atoms with Gasteiger partial charge in [-0.05, 0) is 50.2 Å². The summed E-state index contributed by atoms with van der Waals surface area (Å²) in [5, 5.41) is 0. The van der Waals surface area contributed by atoms with Gasteiger partial charge in [-0.15, -0.1) is 0 Å². The van der Waals surface area contributed by atoms with Crippen LogP contribution in [-0.4, -0.2) is 46.5 Å². The van der Waals surface area contributed by atoms with Gasteiger partial charge < -0.3 is 14.4 Å². The van der Waals surface area contributed by atoms with Gasteiger partial charge in [-0.3, -0.25) is 4.79 Å². The van der Waals surface area contributed by atoms with E-state index >= 15 is 0 Å². The largest absolute Gasteiger partial charge is 0.342 e. The van der Waals surface area contributed by atoms with E-state index in [4.69, 9.17) is 4.98 Å². The van der Waals surface area contributed by atoms with Crippen molar-refractivity contribution in [2.75, 3.05) is 31.1 Å². The first kappa shape index (κ1) is 18.3. The standard InChI is InChI=1S/C22H32N4O/c1-3-12-26-20-9-5-4-8-19(20)23-22(26)25-13-6-7-18(16-25)21(27)24-14-10-17(2)11-15-24/h4-5,8-9,17-18H,3,6-7,10-16H2,1-2H3. The van der Waals surface area contributed by atoms with Crippen molar-refractivity contribution in [3.05, 3.63) is 24.3 Å². The van der Waals surface area contributed by atoms with Gasteiger partial charge in [-0.25, -0.2) is 4.98 Å². The van der Waals surface area contributed by atoms with Crippen LogP contribution in [0.2, 0.25) is 0 Å². The zero-order valence-electron chi connectivity index (χ0n) is 16.7. The number of para-hydroxylation sites is 2. The van der Waals surface area contributed by atoms with Gasteiger partial charge in [0.1, 0.15) is 0 Å². The molecular weight excluding hydrogens is 336 g/mol. The molecule has 0 N–H and O–H groups in total. The second-order valence-corrected chi connectivity index (χ2v) is 8.35. The van der Waals surface area contributed by atoms with Crippen LogP contribution in [0.15, 0.2) is 24.3 Å². The summed E-state index contributed by atoms with van der Waals surface area (Å²) in [6.45, 7) is 9.14. The molecule has 2 aliphatic rings. The highest BCUT2D eigenvalue weighted by atomic mass is 16.2. The molecule has 1 aromatic heterocycles. The Hall–Kier alpha value is -2.04. The van der Waals surface area contributed by atoms with Crippen LogP contribution in [0.5, 0.6) is 0 Å². The predicted octanol–water partition coefficient (Wildman–Crippen LogP) is 3.92. The van der Waals surface area contributed by atoms with Gasteiger partial charge in [-0.1, -0.05) is 26.0 Å². The van der Waals surface area contributed by atoms with E-state index in [-0.39, 0.29) is 5.92 Å². The van der Waals surface area contributed by atoms with Crippen LogP contribution in [0, 0.1) is 11.8 Å². The molecule has 1 atom stereocenters. The van der Waals surface area contributed by atoms with Gasteiger partial charge in [0, 0.05) is 32.7 Å². The van der Waals surface area contributed by atoms with Crippen LogP contribution in [0.25, 0.3) is 11.0 Å². The highest BCUT2D eigenvalue weighted by Gasteiger charge is 2.32. The van der Waals surface area contributed by atoms with Crippen LogP contribution >= 0.6 is 0 Å². The monoisotopic (exact) mass is 368 g/mol. The molecule has 3 heterocycles. The first-order valence-electron chi connectivity index (χ1n) is 10.7. The molecule has 1 amide bonds. The van der Waals surface area contributed by atoms with Gasteiger partial charge in [0.25, 0.3) is 0 Å². The van der Waals surface area contributed by atoms with Crippen LogP contribution in [0.1, 0.15) is 46.0 Å². The molecular formula is C22H32N4O. The van der Waals surface area contributed by atoms with Crippen molar-refractivity contribution in [1.82, 2.24) is 14.5 Å². The Morgan fingerprint density at radius 3 is 2.70 bits per heavy atom. The number of anilines is 1. The number of amides is 1. The quantitative estimate of drug-likeness (QED) is 0.821. The number of piperidine rings is 2. The molecule has 146 valence electrons. The number of aryl methyl sites for hydroxylation is 1. The molecule has 2 aliphatic heterocycles. The molecule has 2 fully saturated rings. The van der Waals surface area contributed by atoms with E-state index < -0.39 is 0 Å². The number of likely N-dealkylation sites (tertiary alicyclic amines) is 1. The molecule has 27 heavy (non-hydrogen) atoms. The number of hydrogen-bond acceptors (Lipinski definition) is 3. The maximum Gasteiger partial charge on any atom is 0.227 e. The number of benzene rings is 1. The summed E-state index contributed by atoms with van der Waals surface area (Å²) in [5.74, 6) is 2.28. The lowest BCUT2D eigenvalue weighted by Gasteiger charge is -2.37. The van der Waals surface area contributed by atoms with Crippen molar-refractivity contribution in [1.29, 1.82) is 0 Å². The molecule has 0 aliphatic carbocycles. The highest BCUT2D eigenvalue weighted by Crippen LogP contribution is 2.29. The summed E-state index contributed by atoms with van der Waals surface area (Å²) in [6, 6.07) is 8.38. The van der Waals surface area contributed by atoms with E-state index in [1.165, 1.54) is 5.52 Å². The van der Waals surface area contributed by atoms with Gasteiger partial charge >= 0.3 is 0 Å². The number of carbonyl (C=O) groups is 1. The third-order valence-corrected chi connectivity index (χ3v) is 6.23. The van der Waals surface area contributed by atoms with Crippen molar-refractivity contribution in [3.63, 3.8) is 0 Å². The molecule has 1 aromatic carbocycles. The minimum Gasteiger partial charge on any atom is -0.342 e. The zero-order valence-corrected chi connectivity index (χ0v) is 16.7. The third kappa shape index (κ3) is 3.69. The molecule has 4 rings (SSSR count). The molecule has 0 saturated carbocycles. The first-order valence-corrected chi connectivity index (χ1v) is 10.7. The summed E-state index contributed by atoms with van der Waals surface area (Å²) in [4.78, 5) is 22.5. The SMILES string of the molecule is CCCn1c(N2CCCC(C(=O)N3CCC(C)CC3)C2)nc2ccccc21. The van der Waals surface area contributed by atoms with E-state index in [0.29, 0.717) is 5.91 Å². The van der Waals surface area contributed by atoms with Crippen molar-refractivity contribution in [2.45, 2.75) is 52.5 Å². The lowest BCUT2D eigenvalue weighted by molar-refractivity contribution is -0.137. The Morgan fingerprint density at radius 1 is 1.15 bits per heavy atom. The molecule has 5 heteroatoms. The predicted molar refractivity (Wildman–Crippen MR) is 110 cm³/mol. The fraction of sp³-hybridized carbons (Fsp3) is 0.636. The molecule has 0 radical (unpaired) electrons. The molecule has 2 aromatic rings. The molecule has 1 unspecified atom stereocenters. The number of nitrogens with zero attached hydrogens (tertiary/aromatic N) is 4. The summed E-state index contributed by atoms with van der Waals surface area (Å²) in [6.07, 6.45) is 5.45. The van der Waals surface area contributed by atoms with E-state index in [2.05, 4.69) is 52.5 Å². The minimum atomic E-state index is 0.113. The van der Waals surface area contributed by atoms with Gasteiger partial charge in [0.2, 0.25) is 11.9 Å². The zero-order chi connectivity index (χ0) is 18.8. The molecule has 0 spiro atoms. The van der Waals surface area contributed by atoms with Gasteiger partial charge in [-0.2, -0.15) is 0 Å². The summed E-state index contributed by atoms with van der Waals surface area (Å²) in [7, 11) is 0. The third-order valence-electron chi connectivity index (χ3n) is 6.23. The Bertz CT molecular complexity index is 791. The number of imidazole rings is 1. The molecule has 2 saturated heterocycles. The topological polar surface area (TPSA) is 41.4 Å². The Balaban J connectivity index is 1.54. The van der Waals surface area contributed by atoms with Gasteiger partial charge in [0.05, 0.1) is 17.0 Å². The highest BCUT2D eigenvalue weighted by molar-refractivity contribution is 5.81. The fourth-order valence-corrected chi connectivity index (χ4v) is 4.60. The number of fused-ring (bicyclic) bond motifs is 1. The van der Waals surface area contributed by atoms with Crippen molar-refractivity contribution in [3.8, 4) is 0 Å². The first-order chi connectivity index (χ1) is 13.2.